The molecule has 2 rings (SSSR count). The van der Waals surface area contributed by atoms with E-state index in [4.69, 9.17) is 16.2 Å². The van der Waals surface area contributed by atoms with Gasteiger partial charge in [-0.15, -0.1) is 0 Å². The Morgan fingerprint density at radius 2 is 2.05 bits per heavy atom. The van der Waals surface area contributed by atoms with Crippen molar-refractivity contribution in [3.05, 3.63) is 53.3 Å². The summed E-state index contributed by atoms with van der Waals surface area (Å²) in [5.74, 6) is -0.978. The lowest BCUT2D eigenvalue weighted by molar-refractivity contribution is 0.0460. The number of ether oxygens (including phenoxy) is 1. The lowest BCUT2D eigenvalue weighted by atomic mass is 10.1. The number of carbonyl (C=O) groups is 2. The Hall–Kier alpha value is -2.76. The third kappa shape index (κ3) is 3.42. The van der Waals surface area contributed by atoms with E-state index in [1.54, 1.807) is 41.1 Å². The fourth-order valence-electron chi connectivity index (χ4n) is 2.00. The molecule has 0 radical (unpaired) electrons. The Balaban J connectivity index is 2.07. The van der Waals surface area contributed by atoms with Gasteiger partial charge >= 0.3 is 5.97 Å². The van der Waals surface area contributed by atoms with E-state index in [1.165, 1.54) is 0 Å². The number of amides is 1. The number of esters is 1. The minimum absolute atomic E-state index is 0.0642. The standard InChI is InChI=1S/C15H17N3O3/c1-2-18-8-12(16)7-13(18)15(20)21-9-10-4-3-5-11(6-10)14(17)19/h3-8H,2,9,16H2,1H3,(H2,17,19). The molecule has 6 heteroatoms. The summed E-state index contributed by atoms with van der Waals surface area (Å²) in [7, 11) is 0. The number of nitrogens with two attached hydrogens (primary N) is 2. The summed E-state index contributed by atoms with van der Waals surface area (Å²) < 4.78 is 6.96. The maximum Gasteiger partial charge on any atom is 0.355 e. The van der Waals surface area contributed by atoms with Gasteiger partial charge in [0, 0.05) is 18.3 Å². The zero-order valence-corrected chi connectivity index (χ0v) is 11.7. The maximum absolute atomic E-state index is 12.0. The lowest BCUT2D eigenvalue weighted by Gasteiger charge is -2.07. The number of aryl methyl sites for hydroxylation is 1. The minimum atomic E-state index is -0.518. The van der Waals surface area contributed by atoms with E-state index in [2.05, 4.69) is 0 Å². The van der Waals surface area contributed by atoms with Crippen molar-refractivity contribution in [3.63, 3.8) is 0 Å². The third-order valence-corrected chi connectivity index (χ3v) is 3.05. The highest BCUT2D eigenvalue weighted by Crippen LogP contribution is 2.13. The Bertz CT molecular complexity index is 677. The lowest BCUT2D eigenvalue weighted by Crippen LogP contribution is -2.13. The maximum atomic E-state index is 12.0. The second-order valence-electron chi connectivity index (χ2n) is 4.59. The van der Waals surface area contributed by atoms with Gasteiger partial charge in [0.1, 0.15) is 12.3 Å². The van der Waals surface area contributed by atoms with Gasteiger partial charge in [-0.3, -0.25) is 4.79 Å². The van der Waals surface area contributed by atoms with Crippen LogP contribution in [0.5, 0.6) is 0 Å². The zero-order valence-electron chi connectivity index (χ0n) is 11.7. The molecule has 4 N–H and O–H groups in total. The molecule has 0 bridgehead atoms. The van der Waals surface area contributed by atoms with Crippen LogP contribution in [-0.2, 0) is 17.9 Å². The largest absolute Gasteiger partial charge is 0.456 e. The predicted octanol–water partition coefficient (Wildman–Crippen LogP) is 1.55. The van der Waals surface area contributed by atoms with E-state index >= 15 is 0 Å². The molecule has 1 amide bonds. The van der Waals surface area contributed by atoms with Crippen LogP contribution < -0.4 is 11.5 Å². The van der Waals surface area contributed by atoms with E-state index in [0.29, 0.717) is 29.1 Å². The van der Waals surface area contributed by atoms with Crippen LogP contribution in [-0.4, -0.2) is 16.4 Å². The fourth-order valence-corrected chi connectivity index (χ4v) is 2.00. The summed E-state index contributed by atoms with van der Waals surface area (Å²) in [5.41, 5.74) is 12.9. The number of primary amides is 1. The van der Waals surface area contributed by atoms with Gasteiger partial charge in [0.05, 0.1) is 5.69 Å². The number of hydrogen-bond donors (Lipinski definition) is 2. The van der Waals surface area contributed by atoms with Gasteiger partial charge in [0.15, 0.2) is 0 Å². The topological polar surface area (TPSA) is 100 Å². The first kappa shape index (κ1) is 14.6. The van der Waals surface area contributed by atoms with Crippen LogP contribution in [0.2, 0.25) is 0 Å². The Labute approximate surface area is 122 Å². The first-order chi connectivity index (χ1) is 10.0. The molecule has 0 saturated carbocycles. The van der Waals surface area contributed by atoms with Gasteiger partial charge in [0.2, 0.25) is 5.91 Å². The predicted molar refractivity (Wildman–Crippen MR) is 78.6 cm³/mol. The molecule has 2 aromatic rings. The van der Waals surface area contributed by atoms with Crippen molar-refractivity contribution in [3.8, 4) is 0 Å². The van der Waals surface area contributed by atoms with Crippen LogP contribution in [0.15, 0.2) is 36.5 Å². The van der Waals surface area contributed by atoms with Crippen LogP contribution in [0.25, 0.3) is 0 Å². The highest BCUT2D eigenvalue weighted by atomic mass is 16.5. The molecule has 0 unspecified atom stereocenters. The summed E-state index contributed by atoms with van der Waals surface area (Å²) >= 11 is 0. The molecule has 1 aromatic heterocycles. The van der Waals surface area contributed by atoms with Crippen LogP contribution in [0.4, 0.5) is 5.69 Å². The third-order valence-electron chi connectivity index (χ3n) is 3.05. The van der Waals surface area contributed by atoms with Crippen molar-refractivity contribution in [1.82, 2.24) is 4.57 Å². The number of nitrogen functional groups attached to an aromatic ring is 1. The van der Waals surface area contributed by atoms with Gasteiger partial charge in [-0.05, 0) is 30.7 Å². The molecule has 1 aromatic carbocycles. The second kappa shape index (κ2) is 6.13. The average Bonchev–Trinajstić information content (AvgIpc) is 2.86. The zero-order chi connectivity index (χ0) is 15.4. The van der Waals surface area contributed by atoms with Crippen LogP contribution in [0, 0.1) is 0 Å². The number of hydrogen-bond acceptors (Lipinski definition) is 4. The number of aromatic nitrogens is 1. The van der Waals surface area contributed by atoms with Crippen molar-refractivity contribution >= 4 is 17.6 Å². The molecule has 1 heterocycles. The van der Waals surface area contributed by atoms with Crippen molar-refractivity contribution in [2.45, 2.75) is 20.1 Å². The van der Waals surface area contributed by atoms with Crippen molar-refractivity contribution in [2.75, 3.05) is 5.73 Å². The fraction of sp³-hybridized carbons (Fsp3) is 0.200. The molecule has 0 atom stereocenters. The van der Waals surface area contributed by atoms with Crippen LogP contribution >= 0.6 is 0 Å². The number of carbonyl (C=O) groups excluding carboxylic acids is 2. The van der Waals surface area contributed by atoms with E-state index in [1.807, 2.05) is 6.92 Å². The Morgan fingerprint density at radius 3 is 2.71 bits per heavy atom. The minimum Gasteiger partial charge on any atom is -0.456 e. The van der Waals surface area contributed by atoms with Crippen molar-refractivity contribution in [2.24, 2.45) is 5.73 Å². The Kier molecular flexibility index (Phi) is 4.27. The summed E-state index contributed by atoms with van der Waals surface area (Å²) in [4.78, 5) is 23.1. The van der Waals surface area contributed by atoms with Crippen molar-refractivity contribution < 1.29 is 14.3 Å². The van der Waals surface area contributed by atoms with Gasteiger partial charge < -0.3 is 20.8 Å². The molecule has 6 nitrogen and oxygen atoms in total. The number of nitrogens with zero attached hydrogens (tertiary/aromatic N) is 1. The summed E-state index contributed by atoms with van der Waals surface area (Å²) in [6.07, 6.45) is 1.68. The summed E-state index contributed by atoms with van der Waals surface area (Å²) in [5, 5.41) is 0. The van der Waals surface area contributed by atoms with Crippen molar-refractivity contribution in [1.29, 1.82) is 0 Å². The van der Waals surface area contributed by atoms with Gasteiger partial charge in [-0.1, -0.05) is 12.1 Å². The molecule has 0 spiro atoms. The highest BCUT2D eigenvalue weighted by Gasteiger charge is 2.14. The van der Waals surface area contributed by atoms with Gasteiger partial charge in [-0.2, -0.15) is 0 Å². The first-order valence-corrected chi connectivity index (χ1v) is 6.52. The molecule has 0 aliphatic carbocycles. The van der Waals surface area contributed by atoms with Crippen LogP contribution in [0.1, 0.15) is 33.3 Å². The Morgan fingerprint density at radius 1 is 1.29 bits per heavy atom. The number of anilines is 1. The molecule has 0 fully saturated rings. The van der Waals surface area contributed by atoms with E-state index in [9.17, 15) is 9.59 Å². The highest BCUT2D eigenvalue weighted by molar-refractivity contribution is 5.93. The molecule has 110 valence electrons. The monoisotopic (exact) mass is 287 g/mol. The molecular weight excluding hydrogens is 270 g/mol. The summed E-state index contributed by atoms with van der Waals surface area (Å²) in [6.45, 7) is 2.60. The molecule has 0 aliphatic rings. The van der Waals surface area contributed by atoms with E-state index < -0.39 is 11.9 Å². The molecule has 21 heavy (non-hydrogen) atoms. The van der Waals surface area contributed by atoms with Gasteiger partial charge in [0.25, 0.3) is 0 Å². The van der Waals surface area contributed by atoms with E-state index in [0.717, 1.165) is 0 Å². The quantitative estimate of drug-likeness (QED) is 0.815. The SMILES string of the molecule is CCn1cc(N)cc1C(=O)OCc1cccc(C(N)=O)c1. The van der Waals surface area contributed by atoms with Gasteiger partial charge in [-0.25, -0.2) is 4.79 Å². The second-order valence-corrected chi connectivity index (χ2v) is 4.59. The summed E-state index contributed by atoms with van der Waals surface area (Å²) in [6, 6.07) is 8.23. The smallest absolute Gasteiger partial charge is 0.355 e. The first-order valence-electron chi connectivity index (χ1n) is 6.52. The normalized spacial score (nSPS) is 10.3. The molecular formula is C15H17N3O3. The van der Waals surface area contributed by atoms with Crippen LogP contribution in [0.3, 0.4) is 0 Å². The number of rotatable bonds is 5. The average molecular weight is 287 g/mol. The van der Waals surface area contributed by atoms with E-state index in [-0.39, 0.29) is 6.61 Å². The molecule has 0 aliphatic heterocycles. The number of benzene rings is 1. The molecule has 0 saturated heterocycles.